The molecule has 17 heavy (non-hydrogen) atoms. The number of nitrogens with zero attached hydrogens (tertiary/aromatic N) is 1. The molecule has 0 radical (unpaired) electrons. The number of hydrogen-bond acceptors (Lipinski definition) is 2. The van der Waals surface area contributed by atoms with Gasteiger partial charge in [0.2, 0.25) is 0 Å². The van der Waals surface area contributed by atoms with Crippen LogP contribution in [0.2, 0.25) is 0 Å². The number of aromatic amines is 1. The molecule has 3 nitrogen and oxygen atoms in total. The largest absolute Gasteiger partial charge is 0.380 e. The second kappa shape index (κ2) is 3.76. The molecule has 1 atom stereocenters. The molecule has 90 valence electrons. The van der Waals surface area contributed by atoms with Crippen molar-refractivity contribution in [3.05, 3.63) is 24.4 Å². The van der Waals surface area contributed by atoms with Crippen LogP contribution in [0.25, 0.3) is 10.9 Å². The van der Waals surface area contributed by atoms with Crippen molar-refractivity contribution in [2.24, 2.45) is 5.41 Å². The van der Waals surface area contributed by atoms with E-state index in [0.29, 0.717) is 11.5 Å². The highest BCUT2D eigenvalue weighted by molar-refractivity contribution is 5.90. The molecule has 0 saturated heterocycles. The lowest BCUT2D eigenvalue weighted by Crippen LogP contribution is -2.30. The van der Waals surface area contributed by atoms with Crippen molar-refractivity contribution >= 4 is 16.6 Å². The summed E-state index contributed by atoms with van der Waals surface area (Å²) in [6.45, 7) is 4.70. The van der Waals surface area contributed by atoms with Crippen molar-refractivity contribution in [2.75, 3.05) is 5.32 Å². The maximum atomic E-state index is 4.11. The molecule has 2 aromatic rings. The summed E-state index contributed by atoms with van der Waals surface area (Å²) in [5.74, 6) is 0. The Balaban J connectivity index is 1.92. The highest BCUT2D eigenvalue weighted by Crippen LogP contribution is 2.39. The molecule has 1 aliphatic rings. The third-order valence-electron chi connectivity index (χ3n) is 4.06. The molecule has 3 rings (SSSR count). The first-order valence-electron chi connectivity index (χ1n) is 6.35. The maximum absolute atomic E-state index is 4.11. The number of H-pyrrole nitrogens is 1. The highest BCUT2D eigenvalue weighted by Gasteiger charge is 2.34. The molecule has 0 amide bonds. The van der Waals surface area contributed by atoms with E-state index in [4.69, 9.17) is 0 Å². The quantitative estimate of drug-likeness (QED) is 0.826. The Morgan fingerprint density at radius 2 is 2.29 bits per heavy atom. The molecule has 1 fully saturated rings. The average Bonchev–Trinajstić information content (AvgIpc) is 2.86. The van der Waals surface area contributed by atoms with Crippen molar-refractivity contribution in [1.82, 2.24) is 10.2 Å². The van der Waals surface area contributed by atoms with Gasteiger partial charge in [0.1, 0.15) is 0 Å². The van der Waals surface area contributed by atoms with E-state index < -0.39 is 0 Å². The molecule has 1 heterocycles. The third-order valence-corrected chi connectivity index (χ3v) is 4.06. The van der Waals surface area contributed by atoms with Crippen LogP contribution in [-0.4, -0.2) is 16.2 Å². The van der Waals surface area contributed by atoms with Gasteiger partial charge in [0.25, 0.3) is 0 Å². The van der Waals surface area contributed by atoms with E-state index in [-0.39, 0.29) is 0 Å². The predicted molar refractivity (Wildman–Crippen MR) is 71.1 cm³/mol. The Bertz CT molecular complexity index is 527. The zero-order chi connectivity index (χ0) is 11.9. The van der Waals surface area contributed by atoms with Crippen LogP contribution < -0.4 is 5.32 Å². The number of nitrogens with one attached hydrogen (secondary N) is 2. The minimum Gasteiger partial charge on any atom is -0.380 e. The summed E-state index contributed by atoms with van der Waals surface area (Å²) in [6.07, 6.45) is 5.77. The molecule has 0 bridgehead atoms. The summed E-state index contributed by atoms with van der Waals surface area (Å²) >= 11 is 0. The van der Waals surface area contributed by atoms with Crippen LogP contribution in [0, 0.1) is 5.41 Å². The van der Waals surface area contributed by atoms with Crippen molar-refractivity contribution in [3.8, 4) is 0 Å². The summed E-state index contributed by atoms with van der Waals surface area (Å²) in [5, 5.41) is 12.0. The van der Waals surface area contributed by atoms with E-state index in [1.807, 2.05) is 6.20 Å². The van der Waals surface area contributed by atoms with E-state index in [0.717, 1.165) is 5.52 Å². The normalized spacial score (nSPS) is 23.1. The Morgan fingerprint density at radius 3 is 3.06 bits per heavy atom. The number of fused-ring (bicyclic) bond motifs is 1. The smallest absolute Gasteiger partial charge is 0.0881 e. The fourth-order valence-electron chi connectivity index (χ4n) is 2.87. The Hall–Kier alpha value is -1.51. The molecular weight excluding hydrogens is 210 g/mol. The molecule has 0 aliphatic heterocycles. The second-order valence-corrected chi connectivity index (χ2v) is 5.72. The van der Waals surface area contributed by atoms with Gasteiger partial charge < -0.3 is 5.32 Å². The van der Waals surface area contributed by atoms with Crippen LogP contribution in [0.4, 0.5) is 5.69 Å². The van der Waals surface area contributed by atoms with E-state index in [9.17, 15) is 0 Å². The Morgan fingerprint density at radius 1 is 1.41 bits per heavy atom. The van der Waals surface area contributed by atoms with Crippen LogP contribution in [-0.2, 0) is 0 Å². The zero-order valence-electron chi connectivity index (χ0n) is 10.5. The van der Waals surface area contributed by atoms with Gasteiger partial charge >= 0.3 is 0 Å². The number of anilines is 1. The molecule has 3 heteroatoms. The van der Waals surface area contributed by atoms with Gasteiger partial charge in [0.05, 0.1) is 17.4 Å². The second-order valence-electron chi connectivity index (χ2n) is 5.72. The summed E-state index contributed by atoms with van der Waals surface area (Å²) < 4.78 is 0. The van der Waals surface area contributed by atoms with Gasteiger partial charge in [-0.25, -0.2) is 0 Å². The Labute approximate surface area is 102 Å². The van der Waals surface area contributed by atoms with Crippen molar-refractivity contribution in [2.45, 2.75) is 39.2 Å². The van der Waals surface area contributed by atoms with Crippen LogP contribution in [0.15, 0.2) is 24.4 Å². The molecular formula is C14H19N3. The number of benzene rings is 1. The standard InChI is InChI=1S/C14H19N3/c1-14(2)8-4-7-12(14)16-11-6-3-5-10-9-15-17-13(10)11/h3,5-6,9,12,16H,4,7-8H2,1-2H3,(H,15,17). The minimum atomic E-state index is 0.391. The van der Waals surface area contributed by atoms with Gasteiger partial charge in [-0.05, 0) is 24.3 Å². The van der Waals surface area contributed by atoms with E-state index in [1.165, 1.54) is 30.3 Å². The summed E-state index contributed by atoms with van der Waals surface area (Å²) in [4.78, 5) is 0. The monoisotopic (exact) mass is 229 g/mol. The first-order valence-corrected chi connectivity index (χ1v) is 6.35. The van der Waals surface area contributed by atoms with E-state index >= 15 is 0 Å². The molecule has 1 unspecified atom stereocenters. The predicted octanol–water partition coefficient (Wildman–Crippen LogP) is 3.55. The molecule has 1 aromatic carbocycles. The fraction of sp³-hybridized carbons (Fsp3) is 0.500. The van der Waals surface area contributed by atoms with Crippen molar-refractivity contribution < 1.29 is 0 Å². The summed E-state index contributed by atoms with van der Waals surface area (Å²) in [7, 11) is 0. The zero-order valence-corrected chi connectivity index (χ0v) is 10.5. The summed E-state index contributed by atoms with van der Waals surface area (Å²) in [6, 6.07) is 6.87. The van der Waals surface area contributed by atoms with Crippen LogP contribution >= 0.6 is 0 Å². The van der Waals surface area contributed by atoms with Gasteiger partial charge in [0.15, 0.2) is 0 Å². The molecule has 1 aromatic heterocycles. The van der Waals surface area contributed by atoms with E-state index in [2.05, 4.69) is 47.6 Å². The lowest BCUT2D eigenvalue weighted by Gasteiger charge is -2.28. The third kappa shape index (κ3) is 1.79. The number of rotatable bonds is 2. The number of aromatic nitrogens is 2. The van der Waals surface area contributed by atoms with E-state index in [1.54, 1.807) is 0 Å². The Kier molecular flexibility index (Phi) is 2.35. The molecule has 1 aliphatic carbocycles. The number of para-hydroxylation sites is 1. The summed E-state index contributed by atoms with van der Waals surface area (Å²) in [5.41, 5.74) is 2.69. The lowest BCUT2D eigenvalue weighted by molar-refractivity contribution is 0.350. The first-order chi connectivity index (χ1) is 8.17. The average molecular weight is 229 g/mol. The topological polar surface area (TPSA) is 40.7 Å². The van der Waals surface area contributed by atoms with Gasteiger partial charge in [-0.15, -0.1) is 0 Å². The SMILES string of the molecule is CC1(C)CCCC1Nc1cccc2cn[nH]c12. The molecule has 2 N–H and O–H groups in total. The van der Waals surface area contributed by atoms with Gasteiger partial charge in [-0.3, -0.25) is 5.10 Å². The molecule has 1 saturated carbocycles. The van der Waals surface area contributed by atoms with Crippen molar-refractivity contribution in [3.63, 3.8) is 0 Å². The fourth-order valence-corrected chi connectivity index (χ4v) is 2.87. The van der Waals surface area contributed by atoms with Crippen LogP contribution in [0.5, 0.6) is 0 Å². The van der Waals surface area contributed by atoms with Gasteiger partial charge in [0, 0.05) is 11.4 Å². The van der Waals surface area contributed by atoms with Gasteiger partial charge in [-0.2, -0.15) is 5.10 Å². The van der Waals surface area contributed by atoms with Crippen LogP contribution in [0.3, 0.4) is 0 Å². The molecule has 0 spiro atoms. The van der Waals surface area contributed by atoms with Crippen molar-refractivity contribution in [1.29, 1.82) is 0 Å². The lowest BCUT2D eigenvalue weighted by atomic mass is 9.87. The first kappa shape index (κ1) is 10.6. The van der Waals surface area contributed by atoms with Crippen LogP contribution in [0.1, 0.15) is 33.1 Å². The van der Waals surface area contributed by atoms with Gasteiger partial charge in [-0.1, -0.05) is 32.4 Å². The highest BCUT2D eigenvalue weighted by atomic mass is 15.1. The number of hydrogen-bond donors (Lipinski definition) is 2. The minimum absolute atomic E-state index is 0.391. The maximum Gasteiger partial charge on any atom is 0.0881 e.